The molecule has 1 rings (SSSR count). The Morgan fingerprint density at radius 2 is 2.17 bits per heavy atom. The Hall–Kier alpha value is -0.181. The molecule has 0 nitrogen and oxygen atoms in total. The minimum atomic E-state index is 0.349. The quantitative estimate of drug-likeness (QED) is 0.572. The first-order chi connectivity index (χ1) is 5.88. The molecule has 0 saturated heterocycles. The fourth-order valence-corrected chi connectivity index (χ4v) is 3.73. The zero-order valence-corrected chi connectivity index (χ0v) is 10.3. The minimum absolute atomic E-state index is 0.349. The number of hydrogen-bond donors (Lipinski definition) is 0. The van der Waals surface area contributed by atoms with Gasteiger partial charge < -0.3 is 0 Å². The van der Waals surface area contributed by atoms with E-state index in [1.165, 1.54) is 10.0 Å². The zero-order valence-electron chi connectivity index (χ0n) is 6.91. The Morgan fingerprint density at radius 3 is 2.83 bits per heavy atom. The van der Waals surface area contributed by atoms with Gasteiger partial charge in [-0.3, -0.25) is 0 Å². The normalized spacial score (nSPS) is 9.33. The maximum absolute atomic E-state index is 5.25. The van der Waals surface area contributed by atoms with Crippen molar-refractivity contribution in [2.45, 2.75) is 11.1 Å². The SMILES string of the molecule is C#C[Se]Cc1ccccc1[Se]C. The van der Waals surface area contributed by atoms with Crippen LogP contribution in [0.3, 0.4) is 0 Å². The van der Waals surface area contributed by atoms with Crippen molar-refractivity contribution in [3.63, 3.8) is 0 Å². The van der Waals surface area contributed by atoms with Crippen molar-refractivity contribution >= 4 is 34.4 Å². The van der Waals surface area contributed by atoms with Gasteiger partial charge in [0.05, 0.1) is 0 Å². The van der Waals surface area contributed by atoms with E-state index in [0.29, 0.717) is 29.9 Å². The van der Waals surface area contributed by atoms with Crippen molar-refractivity contribution in [2.24, 2.45) is 0 Å². The summed E-state index contributed by atoms with van der Waals surface area (Å²) in [4.78, 5) is 2.74. The van der Waals surface area contributed by atoms with E-state index in [-0.39, 0.29) is 0 Å². The summed E-state index contributed by atoms with van der Waals surface area (Å²) < 4.78 is 1.50. The van der Waals surface area contributed by atoms with Crippen LogP contribution in [0.1, 0.15) is 5.56 Å². The maximum atomic E-state index is 5.25. The summed E-state index contributed by atoms with van der Waals surface area (Å²) >= 11 is 0.947. The van der Waals surface area contributed by atoms with Crippen LogP contribution in [0.5, 0.6) is 0 Å². The van der Waals surface area contributed by atoms with Crippen molar-refractivity contribution in [2.75, 3.05) is 0 Å². The first-order valence-corrected chi connectivity index (χ1v) is 8.21. The third-order valence-corrected chi connectivity index (χ3v) is 4.57. The molecule has 62 valence electrons. The molecular weight excluding hydrogens is 278 g/mol. The summed E-state index contributed by atoms with van der Waals surface area (Å²) in [6.45, 7) is 0. The molecule has 0 aliphatic rings. The second-order valence-corrected chi connectivity index (χ2v) is 5.70. The molecule has 0 N–H and O–H groups in total. The van der Waals surface area contributed by atoms with Crippen LogP contribution in [0.25, 0.3) is 0 Å². The molecule has 0 bridgehead atoms. The molecule has 1 aromatic rings. The molecule has 0 aliphatic carbocycles. The van der Waals surface area contributed by atoms with Gasteiger partial charge in [-0.05, 0) is 0 Å². The van der Waals surface area contributed by atoms with Gasteiger partial charge in [0.25, 0.3) is 0 Å². The molecule has 12 heavy (non-hydrogen) atoms. The first-order valence-electron chi connectivity index (χ1n) is 3.57. The molecule has 0 aromatic heterocycles. The number of terminal acetylenes is 1. The average Bonchev–Trinajstić information content (AvgIpc) is 2.15. The van der Waals surface area contributed by atoms with Crippen LogP contribution in [0.15, 0.2) is 24.3 Å². The molecule has 0 saturated carbocycles. The van der Waals surface area contributed by atoms with E-state index >= 15 is 0 Å². The standard InChI is InChI=1S/C10H10Se2/c1-3-12-8-9-6-4-5-7-10(9)11-2/h1,4-7H,8H2,2H3. The Kier molecular flexibility index (Phi) is 4.51. The molecule has 0 amide bonds. The number of hydrogen-bond acceptors (Lipinski definition) is 0. The molecule has 0 heterocycles. The molecule has 0 radical (unpaired) electrons. The Balaban J connectivity index is 2.76. The van der Waals surface area contributed by atoms with Gasteiger partial charge in [-0.25, -0.2) is 0 Å². The molecule has 1 aromatic carbocycles. The monoisotopic (exact) mass is 290 g/mol. The van der Waals surface area contributed by atoms with Crippen molar-refractivity contribution < 1.29 is 0 Å². The van der Waals surface area contributed by atoms with E-state index in [1.54, 1.807) is 0 Å². The van der Waals surface area contributed by atoms with Gasteiger partial charge in [0, 0.05) is 0 Å². The second-order valence-electron chi connectivity index (χ2n) is 2.22. The van der Waals surface area contributed by atoms with E-state index in [0.717, 1.165) is 5.32 Å². The summed E-state index contributed by atoms with van der Waals surface area (Å²) in [5, 5.41) is 1.09. The van der Waals surface area contributed by atoms with Crippen molar-refractivity contribution in [1.29, 1.82) is 0 Å². The first kappa shape index (κ1) is 9.90. The number of rotatable bonds is 3. The Labute approximate surface area is 86.5 Å². The third-order valence-electron chi connectivity index (χ3n) is 1.50. The molecule has 0 aliphatic heterocycles. The van der Waals surface area contributed by atoms with Gasteiger partial charge in [0.1, 0.15) is 0 Å². The molecule has 2 heteroatoms. The summed E-state index contributed by atoms with van der Waals surface area (Å²) in [7, 11) is 0. The van der Waals surface area contributed by atoms with Crippen molar-refractivity contribution in [3.8, 4) is 11.2 Å². The Morgan fingerprint density at radius 1 is 1.42 bits per heavy atom. The molecule has 0 fully saturated rings. The van der Waals surface area contributed by atoms with Crippen LogP contribution >= 0.6 is 0 Å². The number of benzene rings is 1. The molecule has 0 spiro atoms. The van der Waals surface area contributed by atoms with Gasteiger partial charge in [-0.2, -0.15) is 0 Å². The van der Waals surface area contributed by atoms with E-state index in [9.17, 15) is 0 Å². The summed E-state index contributed by atoms with van der Waals surface area (Å²) in [6, 6.07) is 8.60. The van der Waals surface area contributed by atoms with Crippen LogP contribution in [0.2, 0.25) is 5.82 Å². The van der Waals surface area contributed by atoms with E-state index in [1.807, 2.05) is 0 Å². The second kappa shape index (κ2) is 5.46. The van der Waals surface area contributed by atoms with Crippen LogP contribution in [0.4, 0.5) is 0 Å². The van der Waals surface area contributed by atoms with Crippen LogP contribution in [-0.2, 0) is 5.32 Å². The van der Waals surface area contributed by atoms with Gasteiger partial charge in [0.15, 0.2) is 0 Å². The van der Waals surface area contributed by atoms with Crippen molar-refractivity contribution in [3.05, 3.63) is 29.8 Å². The zero-order chi connectivity index (χ0) is 8.81. The summed E-state index contributed by atoms with van der Waals surface area (Å²) in [5.74, 6) is 2.24. The average molecular weight is 288 g/mol. The fraction of sp³-hybridized carbons (Fsp3) is 0.200. The van der Waals surface area contributed by atoms with Crippen LogP contribution in [-0.4, -0.2) is 29.9 Å². The van der Waals surface area contributed by atoms with E-state index < -0.39 is 0 Å². The van der Waals surface area contributed by atoms with E-state index in [4.69, 9.17) is 6.42 Å². The van der Waals surface area contributed by atoms with Crippen molar-refractivity contribution in [1.82, 2.24) is 0 Å². The van der Waals surface area contributed by atoms with E-state index in [2.05, 4.69) is 34.9 Å². The van der Waals surface area contributed by atoms with Gasteiger partial charge in [-0.15, -0.1) is 0 Å². The molecule has 0 unspecified atom stereocenters. The third kappa shape index (κ3) is 2.70. The molecular formula is C10H10Se2. The predicted octanol–water partition coefficient (Wildman–Crippen LogP) is 0.859. The summed E-state index contributed by atoms with van der Waals surface area (Å²) in [6.07, 6.45) is 5.25. The molecule has 0 atom stereocenters. The van der Waals surface area contributed by atoms with Gasteiger partial charge >= 0.3 is 86.6 Å². The van der Waals surface area contributed by atoms with Crippen LogP contribution < -0.4 is 4.46 Å². The predicted molar refractivity (Wildman–Crippen MR) is 56.0 cm³/mol. The Bertz CT molecular complexity index is 286. The topological polar surface area (TPSA) is 0 Å². The fourth-order valence-electron chi connectivity index (χ4n) is 0.942. The van der Waals surface area contributed by atoms with Gasteiger partial charge in [-0.1, -0.05) is 0 Å². The summed E-state index contributed by atoms with van der Waals surface area (Å²) in [5.41, 5.74) is 1.46. The van der Waals surface area contributed by atoms with Crippen LogP contribution in [0, 0.1) is 11.2 Å². The van der Waals surface area contributed by atoms with Gasteiger partial charge in [0.2, 0.25) is 0 Å².